The lowest BCUT2D eigenvalue weighted by Crippen LogP contribution is -2.15. The number of aryl methyl sites for hydroxylation is 4. The van der Waals surface area contributed by atoms with Gasteiger partial charge in [0.05, 0.1) is 5.69 Å². The molecule has 2 aromatic rings. The fraction of sp³-hybridized carbons (Fsp3) is 0.300. The van der Waals surface area contributed by atoms with E-state index in [9.17, 15) is 9.59 Å². The molecule has 0 heterocycles. The van der Waals surface area contributed by atoms with Crippen LogP contribution >= 0.6 is 0 Å². The topological polar surface area (TPSA) is 46.2 Å². The van der Waals surface area contributed by atoms with Gasteiger partial charge in [-0.1, -0.05) is 0 Å². The summed E-state index contributed by atoms with van der Waals surface area (Å²) in [5.41, 5.74) is 7.17. The maximum atomic E-state index is 12.6. The molecular formula is C20H23NO2. The van der Waals surface area contributed by atoms with E-state index in [-0.39, 0.29) is 11.7 Å². The Morgan fingerprint density at radius 2 is 1.30 bits per heavy atom. The summed E-state index contributed by atoms with van der Waals surface area (Å²) >= 11 is 0. The van der Waals surface area contributed by atoms with E-state index in [0.29, 0.717) is 16.8 Å². The summed E-state index contributed by atoms with van der Waals surface area (Å²) in [6, 6.07) is 7.45. The molecule has 0 aliphatic rings. The molecule has 0 aliphatic carbocycles. The Morgan fingerprint density at radius 3 is 1.83 bits per heavy atom. The molecule has 3 heteroatoms. The van der Waals surface area contributed by atoms with Crippen LogP contribution in [0.4, 0.5) is 5.69 Å². The van der Waals surface area contributed by atoms with Crippen molar-refractivity contribution >= 4 is 17.4 Å². The minimum Gasteiger partial charge on any atom is -0.321 e. The largest absolute Gasteiger partial charge is 0.321 e. The molecule has 2 rings (SSSR count). The van der Waals surface area contributed by atoms with Gasteiger partial charge >= 0.3 is 0 Å². The summed E-state index contributed by atoms with van der Waals surface area (Å²) in [5.74, 6) is -0.248. The third-order valence-corrected chi connectivity index (χ3v) is 4.45. The summed E-state index contributed by atoms with van der Waals surface area (Å²) in [7, 11) is 0. The Hall–Kier alpha value is -2.42. The first-order valence-electron chi connectivity index (χ1n) is 7.72. The van der Waals surface area contributed by atoms with Crippen molar-refractivity contribution in [1.29, 1.82) is 0 Å². The van der Waals surface area contributed by atoms with Gasteiger partial charge in [-0.3, -0.25) is 9.59 Å². The molecule has 23 heavy (non-hydrogen) atoms. The van der Waals surface area contributed by atoms with Crippen LogP contribution in [0, 0.1) is 34.6 Å². The van der Waals surface area contributed by atoms with E-state index in [1.165, 1.54) is 12.5 Å². The molecule has 0 aliphatic heterocycles. The zero-order valence-corrected chi connectivity index (χ0v) is 14.6. The Balaban J connectivity index is 2.41. The highest BCUT2D eigenvalue weighted by atomic mass is 16.1. The van der Waals surface area contributed by atoms with Crippen LogP contribution in [-0.4, -0.2) is 11.7 Å². The van der Waals surface area contributed by atoms with E-state index in [2.05, 4.69) is 5.32 Å². The lowest BCUT2D eigenvalue weighted by atomic mass is 9.99. The monoisotopic (exact) mass is 309 g/mol. The van der Waals surface area contributed by atoms with Gasteiger partial charge in [0, 0.05) is 11.1 Å². The van der Waals surface area contributed by atoms with Crippen LogP contribution in [0.25, 0.3) is 0 Å². The van der Waals surface area contributed by atoms with Crippen molar-refractivity contribution in [3.8, 4) is 0 Å². The summed E-state index contributed by atoms with van der Waals surface area (Å²) in [5, 5.41) is 2.89. The summed E-state index contributed by atoms with van der Waals surface area (Å²) in [6.45, 7) is 11.5. The van der Waals surface area contributed by atoms with E-state index >= 15 is 0 Å². The van der Waals surface area contributed by atoms with Crippen molar-refractivity contribution in [2.24, 2.45) is 0 Å². The van der Waals surface area contributed by atoms with Crippen LogP contribution < -0.4 is 5.32 Å². The first-order valence-corrected chi connectivity index (χ1v) is 7.72. The van der Waals surface area contributed by atoms with Gasteiger partial charge < -0.3 is 5.32 Å². The Labute approximate surface area is 137 Å². The van der Waals surface area contributed by atoms with Gasteiger partial charge in [-0.05, 0) is 93.6 Å². The van der Waals surface area contributed by atoms with Crippen molar-refractivity contribution in [3.63, 3.8) is 0 Å². The maximum Gasteiger partial charge on any atom is 0.255 e. The number of amides is 1. The van der Waals surface area contributed by atoms with Crippen molar-refractivity contribution in [3.05, 3.63) is 63.2 Å². The number of hydrogen-bond acceptors (Lipinski definition) is 2. The molecule has 0 aromatic heterocycles. The van der Waals surface area contributed by atoms with Crippen LogP contribution in [0.2, 0.25) is 0 Å². The number of anilines is 1. The molecular weight excluding hydrogens is 286 g/mol. The molecule has 120 valence electrons. The highest BCUT2D eigenvalue weighted by Gasteiger charge is 2.14. The van der Waals surface area contributed by atoms with Crippen LogP contribution in [0.1, 0.15) is 55.5 Å². The number of hydrogen-bond donors (Lipinski definition) is 1. The van der Waals surface area contributed by atoms with Gasteiger partial charge in [0.2, 0.25) is 0 Å². The first-order chi connectivity index (χ1) is 10.7. The van der Waals surface area contributed by atoms with E-state index in [0.717, 1.165) is 22.3 Å². The quantitative estimate of drug-likeness (QED) is 0.836. The summed E-state index contributed by atoms with van der Waals surface area (Å²) < 4.78 is 0. The van der Waals surface area contributed by atoms with Crippen molar-refractivity contribution in [2.45, 2.75) is 41.5 Å². The molecule has 2 aromatic carbocycles. The van der Waals surface area contributed by atoms with E-state index in [1.807, 2.05) is 58.9 Å². The van der Waals surface area contributed by atoms with Gasteiger partial charge in [-0.2, -0.15) is 0 Å². The van der Waals surface area contributed by atoms with Crippen molar-refractivity contribution < 1.29 is 9.59 Å². The third-order valence-electron chi connectivity index (χ3n) is 4.45. The van der Waals surface area contributed by atoms with Crippen molar-refractivity contribution in [1.82, 2.24) is 0 Å². The second kappa shape index (κ2) is 6.37. The second-order valence-corrected chi connectivity index (χ2v) is 6.23. The fourth-order valence-electron chi connectivity index (χ4n) is 2.57. The smallest absolute Gasteiger partial charge is 0.255 e. The molecule has 0 fully saturated rings. The van der Waals surface area contributed by atoms with Gasteiger partial charge in [0.25, 0.3) is 5.91 Å². The van der Waals surface area contributed by atoms with Gasteiger partial charge in [-0.25, -0.2) is 0 Å². The van der Waals surface area contributed by atoms with Crippen LogP contribution in [0.3, 0.4) is 0 Å². The molecule has 0 saturated heterocycles. The molecule has 1 N–H and O–H groups in total. The van der Waals surface area contributed by atoms with Gasteiger partial charge in [0.15, 0.2) is 5.78 Å². The molecule has 0 unspecified atom stereocenters. The molecule has 0 spiro atoms. The van der Waals surface area contributed by atoms with Gasteiger partial charge in [-0.15, -0.1) is 0 Å². The molecule has 1 amide bonds. The molecule has 0 bridgehead atoms. The number of rotatable bonds is 3. The van der Waals surface area contributed by atoms with E-state index in [1.54, 1.807) is 0 Å². The summed E-state index contributed by atoms with van der Waals surface area (Å²) in [4.78, 5) is 24.4. The minimum atomic E-state index is -0.193. The molecule has 0 saturated carbocycles. The highest BCUT2D eigenvalue weighted by molar-refractivity contribution is 6.09. The molecule has 0 radical (unpaired) electrons. The van der Waals surface area contributed by atoms with Crippen LogP contribution in [0.5, 0.6) is 0 Å². The number of carbonyl (C=O) groups excluding carboxylic acids is 2. The predicted molar refractivity (Wildman–Crippen MR) is 94.5 cm³/mol. The minimum absolute atomic E-state index is 0.0559. The fourth-order valence-corrected chi connectivity index (χ4v) is 2.57. The number of carbonyl (C=O) groups is 2. The number of Topliss-reactive ketones (excluding diaryl/α,β-unsaturated/α-hetero) is 1. The normalized spacial score (nSPS) is 10.5. The first kappa shape index (κ1) is 16.9. The van der Waals surface area contributed by atoms with E-state index < -0.39 is 0 Å². The van der Waals surface area contributed by atoms with Gasteiger partial charge in [0.1, 0.15) is 0 Å². The number of benzene rings is 2. The number of ketones is 1. The zero-order valence-electron chi connectivity index (χ0n) is 14.6. The summed E-state index contributed by atoms with van der Waals surface area (Å²) in [6.07, 6.45) is 0. The molecule has 0 atom stereocenters. The number of nitrogens with one attached hydrogen (secondary N) is 1. The second-order valence-electron chi connectivity index (χ2n) is 6.23. The predicted octanol–water partition coefficient (Wildman–Crippen LogP) is 4.68. The Kier molecular flexibility index (Phi) is 4.69. The average molecular weight is 309 g/mol. The zero-order chi connectivity index (χ0) is 17.3. The Bertz CT molecular complexity index is 781. The van der Waals surface area contributed by atoms with Crippen LogP contribution in [-0.2, 0) is 0 Å². The third kappa shape index (κ3) is 3.50. The van der Waals surface area contributed by atoms with Crippen molar-refractivity contribution in [2.75, 3.05) is 5.32 Å². The van der Waals surface area contributed by atoms with Crippen LogP contribution in [0.15, 0.2) is 24.3 Å². The standard InChI is InChI=1S/C20H23NO2/c1-11-9-18(16(6)22)19(10-12(11)2)21-20(23)17-7-13(3)15(5)14(4)8-17/h7-10H,1-6H3,(H,21,23). The highest BCUT2D eigenvalue weighted by Crippen LogP contribution is 2.23. The Morgan fingerprint density at radius 1 is 0.783 bits per heavy atom. The average Bonchev–Trinajstić information content (AvgIpc) is 2.47. The van der Waals surface area contributed by atoms with E-state index in [4.69, 9.17) is 0 Å². The maximum absolute atomic E-state index is 12.6. The SMILES string of the molecule is CC(=O)c1cc(C)c(C)cc1NC(=O)c1cc(C)c(C)c(C)c1. The lowest BCUT2D eigenvalue weighted by molar-refractivity contribution is 0.101. The molecule has 3 nitrogen and oxygen atoms in total. The lowest BCUT2D eigenvalue weighted by Gasteiger charge is -2.14.